The molecule has 1 amide bonds. The molecule has 3 rings (SSSR count). The highest BCUT2D eigenvalue weighted by molar-refractivity contribution is 6.30. The van der Waals surface area contributed by atoms with Crippen LogP contribution in [-0.4, -0.2) is 37.6 Å². The Bertz CT molecular complexity index is 717. The lowest BCUT2D eigenvalue weighted by atomic mass is 10.1. The Balaban J connectivity index is 1.57. The monoisotopic (exact) mass is 359 g/mol. The fraction of sp³-hybridized carbons (Fsp3) is 0.350. The van der Waals surface area contributed by atoms with E-state index in [1.807, 2.05) is 53.4 Å². The Kier molecular flexibility index (Phi) is 5.95. The third-order valence-corrected chi connectivity index (χ3v) is 4.67. The molecule has 1 aliphatic rings. The molecule has 1 atom stereocenters. The molecule has 1 aliphatic heterocycles. The van der Waals surface area contributed by atoms with Crippen molar-refractivity contribution in [3.8, 4) is 5.75 Å². The number of halogens is 1. The van der Waals surface area contributed by atoms with E-state index in [0.29, 0.717) is 37.6 Å². The number of morpholine rings is 1. The first-order valence-electron chi connectivity index (χ1n) is 8.43. The normalized spacial score (nSPS) is 17.4. The number of ether oxygens (including phenoxy) is 2. The summed E-state index contributed by atoms with van der Waals surface area (Å²) in [5.74, 6) is 0.976. The Labute approximate surface area is 153 Å². The van der Waals surface area contributed by atoms with Crippen LogP contribution in [0.2, 0.25) is 5.02 Å². The van der Waals surface area contributed by atoms with Gasteiger partial charge in [-0.15, -0.1) is 0 Å². The van der Waals surface area contributed by atoms with E-state index >= 15 is 0 Å². The van der Waals surface area contributed by atoms with Gasteiger partial charge in [0.25, 0.3) is 0 Å². The minimum Gasteiger partial charge on any atom is -0.497 e. The lowest BCUT2D eigenvalue weighted by Crippen LogP contribution is -2.42. The molecule has 0 radical (unpaired) electrons. The van der Waals surface area contributed by atoms with Gasteiger partial charge in [0.1, 0.15) is 11.9 Å². The number of rotatable bonds is 5. The molecule has 0 saturated carbocycles. The maximum absolute atomic E-state index is 12.6. The number of methoxy groups -OCH3 is 1. The number of hydrogen-bond acceptors (Lipinski definition) is 3. The van der Waals surface area contributed by atoms with Crippen LogP contribution in [0, 0.1) is 0 Å². The maximum Gasteiger partial charge on any atom is 0.223 e. The molecule has 1 heterocycles. The van der Waals surface area contributed by atoms with Gasteiger partial charge in [0.15, 0.2) is 0 Å². The first kappa shape index (κ1) is 17.8. The lowest BCUT2D eigenvalue weighted by Gasteiger charge is -2.33. The van der Waals surface area contributed by atoms with Crippen molar-refractivity contribution in [1.29, 1.82) is 0 Å². The number of nitrogens with zero attached hydrogens (tertiary/aromatic N) is 1. The molecule has 25 heavy (non-hydrogen) atoms. The topological polar surface area (TPSA) is 38.8 Å². The fourth-order valence-corrected chi connectivity index (χ4v) is 3.12. The summed E-state index contributed by atoms with van der Waals surface area (Å²) in [5, 5.41) is 0.700. The van der Waals surface area contributed by atoms with Crippen molar-refractivity contribution in [2.24, 2.45) is 0 Å². The quantitative estimate of drug-likeness (QED) is 0.813. The Morgan fingerprint density at radius 3 is 2.84 bits per heavy atom. The minimum atomic E-state index is -0.0909. The lowest BCUT2D eigenvalue weighted by molar-refractivity contribution is -0.139. The summed E-state index contributed by atoms with van der Waals surface area (Å²) in [5.41, 5.74) is 2.16. The fourth-order valence-electron chi connectivity index (χ4n) is 2.99. The van der Waals surface area contributed by atoms with E-state index in [2.05, 4.69) is 0 Å². The highest BCUT2D eigenvalue weighted by atomic mass is 35.5. The number of hydrogen-bond donors (Lipinski definition) is 0. The van der Waals surface area contributed by atoms with Crippen molar-refractivity contribution in [3.05, 3.63) is 64.7 Å². The van der Waals surface area contributed by atoms with Gasteiger partial charge in [-0.3, -0.25) is 4.79 Å². The smallest absolute Gasteiger partial charge is 0.223 e. The first-order chi connectivity index (χ1) is 12.2. The van der Waals surface area contributed by atoms with E-state index in [1.54, 1.807) is 7.11 Å². The van der Waals surface area contributed by atoms with E-state index in [-0.39, 0.29) is 12.0 Å². The predicted molar refractivity (Wildman–Crippen MR) is 98.0 cm³/mol. The second-order valence-corrected chi connectivity index (χ2v) is 6.54. The minimum absolute atomic E-state index is 0.0909. The first-order valence-corrected chi connectivity index (χ1v) is 8.81. The molecule has 132 valence electrons. The maximum atomic E-state index is 12.6. The van der Waals surface area contributed by atoms with Crippen molar-refractivity contribution in [2.75, 3.05) is 26.8 Å². The summed E-state index contributed by atoms with van der Waals surface area (Å²) in [4.78, 5) is 14.5. The summed E-state index contributed by atoms with van der Waals surface area (Å²) in [6.45, 7) is 1.78. The van der Waals surface area contributed by atoms with Gasteiger partial charge in [-0.05, 0) is 41.8 Å². The highest BCUT2D eigenvalue weighted by Crippen LogP contribution is 2.24. The van der Waals surface area contributed by atoms with Crippen LogP contribution < -0.4 is 4.74 Å². The van der Waals surface area contributed by atoms with Crippen LogP contribution in [0.5, 0.6) is 5.75 Å². The SMILES string of the molecule is COc1cccc(CCC(=O)N2CCOC(c3ccc(Cl)cc3)C2)c1. The third kappa shape index (κ3) is 4.74. The summed E-state index contributed by atoms with van der Waals surface area (Å²) in [6, 6.07) is 15.5. The van der Waals surface area contributed by atoms with Crippen molar-refractivity contribution in [2.45, 2.75) is 18.9 Å². The summed E-state index contributed by atoms with van der Waals surface area (Å²) in [6.07, 6.45) is 1.10. The van der Waals surface area contributed by atoms with E-state index in [9.17, 15) is 4.79 Å². The number of carbonyl (C=O) groups is 1. The molecule has 5 heteroatoms. The molecular formula is C20H22ClNO3. The molecule has 1 fully saturated rings. The number of benzene rings is 2. The third-order valence-electron chi connectivity index (χ3n) is 4.42. The molecule has 0 N–H and O–H groups in total. The van der Waals surface area contributed by atoms with Crippen LogP contribution in [0.3, 0.4) is 0 Å². The van der Waals surface area contributed by atoms with Gasteiger partial charge in [0.05, 0.1) is 20.3 Å². The van der Waals surface area contributed by atoms with Crippen LogP contribution in [0.25, 0.3) is 0 Å². The van der Waals surface area contributed by atoms with Crippen LogP contribution in [0.4, 0.5) is 0 Å². The zero-order valence-corrected chi connectivity index (χ0v) is 15.0. The van der Waals surface area contributed by atoms with Gasteiger partial charge in [-0.2, -0.15) is 0 Å². The molecule has 0 aliphatic carbocycles. The van der Waals surface area contributed by atoms with Gasteiger partial charge >= 0.3 is 0 Å². The van der Waals surface area contributed by atoms with Gasteiger partial charge in [-0.25, -0.2) is 0 Å². The molecule has 2 aromatic rings. The average molecular weight is 360 g/mol. The van der Waals surface area contributed by atoms with E-state index < -0.39 is 0 Å². The molecule has 4 nitrogen and oxygen atoms in total. The van der Waals surface area contributed by atoms with Crippen LogP contribution >= 0.6 is 11.6 Å². The summed E-state index contributed by atoms with van der Waals surface area (Å²) in [7, 11) is 1.65. The van der Waals surface area contributed by atoms with Crippen LogP contribution in [0.1, 0.15) is 23.7 Å². The van der Waals surface area contributed by atoms with Crippen molar-refractivity contribution in [3.63, 3.8) is 0 Å². The van der Waals surface area contributed by atoms with Gasteiger partial charge in [0.2, 0.25) is 5.91 Å². The second-order valence-electron chi connectivity index (χ2n) is 6.10. The van der Waals surface area contributed by atoms with Crippen molar-refractivity contribution < 1.29 is 14.3 Å². The zero-order chi connectivity index (χ0) is 17.6. The number of carbonyl (C=O) groups excluding carboxylic acids is 1. The van der Waals surface area contributed by atoms with Gasteiger partial charge in [-0.1, -0.05) is 35.9 Å². The van der Waals surface area contributed by atoms with Gasteiger partial charge in [0, 0.05) is 18.0 Å². The Morgan fingerprint density at radius 2 is 2.08 bits per heavy atom. The summed E-state index contributed by atoms with van der Waals surface area (Å²) < 4.78 is 11.1. The molecule has 2 aromatic carbocycles. The molecule has 0 aromatic heterocycles. The predicted octanol–water partition coefficient (Wildman–Crippen LogP) is 3.88. The summed E-state index contributed by atoms with van der Waals surface area (Å²) >= 11 is 5.94. The highest BCUT2D eigenvalue weighted by Gasteiger charge is 2.25. The molecule has 0 spiro atoms. The van der Waals surface area contributed by atoms with E-state index in [1.165, 1.54) is 0 Å². The molecule has 1 saturated heterocycles. The van der Waals surface area contributed by atoms with Crippen LogP contribution in [-0.2, 0) is 16.0 Å². The van der Waals surface area contributed by atoms with E-state index in [4.69, 9.17) is 21.1 Å². The average Bonchev–Trinajstić information content (AvgIpc) is 2.67. The Morgan fingerprint density at radius 1 is 1.28 bits per heavy atom. The molecular weight excluding hydrogens is 338 g/mol. The molecule has 1 unspecified atom stereocenters. The van der Waals surface area contributed by atoms with Crippen LogP contribution in [0.15, 0.2) is 48.5 Å². The van der Waals surface area contributed by atoms with Gasteiger partial charge < -0.3 is 14.4 Å². The largest absolute Gasteiger partial charge is 0.497 e. The second kappa shape index (κ2) is 8.37. The number of amides is 1. The standard InChI is InChI=1S/C20H22ClNO3/c1-24-18-4-2-3-15(13-18)5-10-20(23)22-11-12-25-19(14-22)16-6-8-17(21)9-7-16/h2-4,6-9,13,19H,5,10-12,14H2,1H3. The zero-order valence-electron chi connectivity index (χ0n) is 14.3. The van der Waals surface area contributed by atoms with Crippen molar-refractivity contribution >= 4 is 17.5 Å². The van der Waals surface area contributed by atoms with Crippen molar-refractivity contribution in [1.82, 2.24) is 4.90 Å². The molecule has 0 bridgehead atoms. The number of aryl methyl sites for hydroxylation is 1. The van der Waals surface area contributed by atoms with E-state index in [0.717, 1.165) is 16.9 Å². The Hall–Kier alpha value is -2.04.